The number of hydrogen-bond donors (Lipinski definition) is 1. The van der Waals surface area contributed by atoms with Crippen LogP contribution in [0.25, 0.3) is 0 Å². The minimum atomic E-state index is -0.388. The van der Waals surface area contributed by atoms with Crippen LogP contribution < -0.4 is 5.32 Å². The summed E-state index contributed by atoms with van der Waals surface area (Å²) < 4.78 is 4.97. The van der Waals surface area contributed by atoms with Gasteiger partial charge in [-0.25, -0.2) is 4.79 Å². The minimum Gasteiger partial charge on any atom is -0.465 e. The van der Waals surface area contributed by atoms with Gasteiger partial charge in [-0.1, -0.05) is 6.92 Å². The molecule has 0 aliphatic carbocycles. The minimum absolute atomic E-state index is 0.214. The van der Waals surface area contributed by atoms with Crippen LogP contribution >= 0.6 is 23.1 Å². The Morgan fingerprint density at radius 1 is 1.31 bits per heavy atom. The van der Waals surface area contributed by atoms with Crippen LogP contribution in [0.4, 0.5) is 5.00 Å². The Kier molecular flexibility index (Phi) is 6.01. The number of esters is 1. The molecular formula is C19H22N2O3S2. The molecule has 1 N–H and O–H groups in total. The summed E-state index contributed by atoms with van der Waals surface area (Å²) in [6, 6.07) is 7.43. The number of ether oxygens (including phenoxy) is 1. The number of carbonyl (C=O) groups is 2. The van der Waals surface area contributed by atoms with Crippen LogP contribution in [0, 0.1) is 0 Å². The molecule has 5 nitrogen and oxygen atoms in total. The predicted octanol–water partition coefficient (Wildman–Crippen LogP) is 3.89. The summed E-state index contributed by atoms with van der Waals surface area (Å²) in [4.78, 5) is 29.5. The van der Waals surface area contributed by atoms with Gasteiger partial charge in [-0.2, -0.15) is 0 Å². The largest absolute Gasteiger partial charge is 0.465 e. The normalized spacial score (nSPS) is 14.0. The Balaban J connectivity index is 1.89. The summed E-state index contributed by atoms with van der Waals surface area (Å²) in [5.74, 6) is -0.603. The molecule has 7 heteroatoms. The van der Waals surface area contributed by atoms with E-state index in [1.165, 1.54) is 18.4 Å². The summed E-state index contributed by atoms with van der Waals surface area (Å²) >= 11 is 3.10. The smallest absolute Gasteiger partial charge is 0.341 e. The first-order valence-corrected chi connectivity index (χ1v) is 10.5. The van der Waals surface area contributed by atoms with Crippen molar-refractivity contribution >= 4 is 40.0 Å². The number of nitrogens with one attached hydrogen (secondary N) is 1. The second-order valence-corrected chi connectivity index (χ2v) is 7.99. The number of amides is 1. The molecule has 0 radical (unpaired) electrons. The molecule has 1 amide bonds. The van der Waals surface area contributed by atoms with Crippen molar-refractivity contribution < 1.29 is 14.3 Å². The monoisotopic (exact) mass is 390 g/mol. The van der Waals surface area contributed by atoms with E-state index in [9.17, 15) is 9.59 Å². The molecule has 2 aromatic rings. The van der Waals surface area contributed by atoms with Gasteiger partial charge < -0.3 is 10.1 Å². The van der Waals surface area contributed by atoms with E-state index in [0.29, 0.717) is 16.1 Å². The lowest BCUT2D eigenvalue weighted by Gasteiger charge is -2.25. The molecule has 1 aliphatic rings. The van der Waals surface area contributed by atoms with Crippen molar-refractivity contribution in [3.63, 3.8) is 0 Å². The molecule has 0 fully saturated rings. The average Bonchev–Trinajstić information content (AvgIpc) is 3.04. The number of nitrogens with zero attached hydrogens (tertiary/aromatic N) is 1. The molecule has 0 spiro atoms. The Morgan fingerprint density at radius 3 is 2.65 bits per heavy atom. The Morgan fingerprint density at radius 2 is 2.04 bits per heavy atom. The van der Waals surface area contributed by atoms with Gasteiger partial charge in [-0.15, -0.1) is 23.1 Å². The number of likely N-dealkylation sites (N-methyl/N-ethyl adjacent to an activating group) is 1. The van der Waals surface area contributed by atoms with Gasteiger partial charge in [-0.3, -0.25) is 9.69 Å². The van der Waals surface area contributed by atoms with Crippen molar-refractivity contribution in [1.29, 1.82) is 0 Å². The SMILES string of the molecule is CCN1CCc2c(sc(NC(=O)c3ccc(SC)cc3)c2C(=O)OC)C1. The number of benzene rings is 1. The lowest BCUT2D eigenvalue weighted by atomic mass is 10.0. The van der Waals surface area contributed by atoms with Crippen molar-refractivity contribution in [3.8, 4) is 0 Å². The first-order chi connectivity index (χ1) is 12.6. The second-order valence-electron chi connectivity index (χ2n) is 6.00. The first-order valence-electron chi connectivity index (χ1n) is 8.48. The maximum Gasteiger partial charge on any atom is 0.341 e. The van der Waals surface area contributed by atoms with Crippen LogP contribution in [0.1, 0.15) is 38.1 Å². The standard InChI is InChI=1S/C19H22N2O3S2/c1-4-21-10-9-14-15(11-21)26-18(16(14)19(23)24-2)20-17(22)12-5-7-13(25-3)8-6-12/h5-8H,4,9-11H2,1-3H3,(H,20,22). The van der Waals surface area contributed by atoms with E-state index >= 15 is 0 Å². The van der Waals surface area contributed by atoms with Gasteiger partial charge in [0.25, 0.3) is 5.91 Å². The molecule has 2 heterocycles. The summed E-state index contributed by atoms with van der Waals surface area (Å²) in [5, 5.41) is 3.51. The fourth-order valence-electron chi connectivity index (χ4n) is 3.05. The average molecular weight is 391 g/mol. The van der Waals surface area contributed by atoms with Crippen LogP contribution in [0.5, 0.6) is 0 Å². The third kappa shape index (κ3) is 3.79. The van der Waals surface area contributed by atoms with E-state index in [-0.39, 0.29) is 11.9 Å². The van der Waals surface area contributed by atoms with Crippen molar-refractivity contribution in [2.24, 2.45) is 0 Å². The fraction of sp³-hybridized carbons (Fsp3) is 0.368. The summed E-state index contributed by atoms with van der Waals surface area (Å²) in [7, 11) is 1.38. The van der Waals surface area contributed by atoms with Crippen molar-refractivity contribution in [2.75, 3.05) is 31.8 Å². The Labute approximate surface area is 161 Å². The second kappa shape index (κ2) is 8.24. The number of methoxy groups -OCH3 is 1. The third-order valence-electron chi connectivity index (χ3n) is 4.55. The number of hydrogen-bond acceptors (Lipinski definition) is 6. The highest BCUT2D eigenvalue weighted by Gasteiger charge is 2.29. The number of thioether (sulfide) groups is 1. The van der Waals surface area contributed by atoms with Gasteiger partial charge in [0.05, 0.1) is 12.7 Å². The zero-order valence-corrected chi connectivity index (χ0v) is 16.8. The van der Waals surface area contributed by atoms with Gasteiger partial charge in [-0.05, 0) is 49.1 Å². The highest BCUT2D eigenvalue weighted by molar-refractivity contribution is 7.98. The Bertz CT molecular complexity index is 815. The number of fused-ring (bicyclic) bond motifs is 1. The Hall–Kier alpha value is -1.83. The van der Waals surface area contributed by atoms with Gasteiger partial charge in [0.2, 0.25) is 0 Å². The van der Waals surface area contributed by atoms with Gasteiger partial charge in [0, 0.05) is 28.4 Å². The number of carbonyl (C=O) groups excluding carboxylic acids is 2. The zero-order valence-electron chi connectivity index (χ0n) is 15.1. The molecule has 1 aromatic heterocycles. The summed E-state index contributed by atoms with van der Waals surface area (Å²) in [6.45, 7) is 4.81. The molecule has 1 aliphatic heterocycles. The molecule has 0 atom stereocenters. The first kappa shape index (κ1) is 18.9. The van der Waals surface area contributed by atoms with Crippen molar-refractivity contribution in [2.45, 2.75) is 24.8 Å². The van der Waals surface area contributed by atoms with Gasteiger partial charge in [0.1, 0.15) is 5.00 Å². The van der Waals surface area contributed by atoms with Crippen molar-refractivity contribution in [1.82, 2.24) is 4.90 Å². The lowest BCUT2D eigenvalue weighted by molar-refractivity contribution is 0.0600. The molecule has 0 unspecified atom stereocenters. The lowest BCUT2D eigenvalue weighted by Crippen LogP contribution is -2.29. The molecule has 0 bridgehead atoms. The van der Waals surface area contributed by atoms with Crippen LogP contribution in [0.2, 0.25) is 0 Å². The van der Waals surface area contributed by atoms with E-state index in [0.717, 1.165) is 41.4 Å². The van der Waals surface area contributed by atoms with Crippen molar-refractivity contribution in [3.05, 3.63) is 45.8 Å². The van der Waals surface area contributed by atoms with Crippen LogP contribution in [-0.4, -0.2) is 43.2 Å². The molecule has 0 saturated heterocycles. The molecule has 1 aromatic carbocycles. The maximum atomic E-state index is 12.6. The summed E-state index contributed by atoms with van der Waals surface area (Å²) in [5.41, 5.74) is 2.09. The van der Waals surface area contributed by atoms with Crippen LogP contribution in [0.15, 0.2) is 29.2 Å². The molecular weight excluding hydrogens is 368 g/mol. The van der Waals surface area contributed by atoms with E-state index in [1.54, 1.807) is 23.9 Å². The topological polar surface area (TPSA) is 58.6 Å². The number of anilines is 1. The molecule has 3 rings (SSSR count). The van der Waals surface area contributed by atoms with Gasteiger partial charge in [0.15, 0.2) is 0 Å². The fourth-order valence-corrected chi connectivity index (χ4v) is 4.73. The molecule has 138 valence electrons. The zero-order chi connectivity index (χ0) is 18.7. The van der Waals surface area contributed by atoms with Crippen LogP contribution in [-0.2, 0) is 17.7 Å². The number of rotatable bonds is 5. The van der Waals surface area contributed by atoms with E-state index in [1.807, 2.05) is 18.4 Å². The highest BCUT2D eigenvalue weighted by atomic mass is 32.2. The maximum absolute atomic E-state index is 12.6. The van der Waals surface area contributed by atoms with E-state index in [4.69, 9.17) is 4.74 Å². The van der Waals surface area contributed by atoms with E-state index < -0.39 is 0 Å². The summed E-state index contributed by atoms with van der Waals surface area (Å²) in [6.07, 6.45) is 2.79. The third-order valence-corrected chi connectivity index (χ3v) is 6.43. The highest BCUT2D eigenvalue weighted by Crippen LogP contribution is 2.37. The number of thiophene rings is 1. The quantitative estimate of drug-likeness (QED) is 0.620. The molecule has 26 heavy (non-hydrogen) atoms. The van der Waals surface area contributed by atoms with Crippen LogP contribution in [0.3, 0.4) is 0 Å². The molecule has 0 saturated carbocycles. The predicted molar refractivity (Wildman–Crippen MR) is 106 cm³/mol. The van der Waals surface area contributed by atoms with Gasteiger partial charge >= 0.3 is 5.97 Å². The van der Waals surface area contributed by atoms with E-state index in [2.05, 4.69) is 17.1 Å².